The zero-order chi connectivity index (χ0) is 19.4. The van der Waals surface area contributed by atoms with E-state index >= 15 is 0 Å². The highest BCUT2D eigenvalue weighted by Crippen LogP contribution is 2.24. The Labute approximate surface area is 159 Å². The summed E-state index contributed by atoms with van der Waals surface area (Å²) in [6.07, 6.45) is -0.947. The van der Waals surface area contributed by atoms with Crippen LogP contribution >= 0.6 is 11.8 Å². The third-order valence-corrected chi connectivity index (χ3v) is 4.92. The summed E-state index contributed by atoms with van der Waals surface area (Å²) in [7, 11) is 0. The number of rotatable bonds is 6. The van der Waals surface area contributed by atoms with Gasteiger partial charge in [0.15, 0.2) is 6.10 Å². The summed E-state index contributed by atoms with van der Waals surface area (Å²) in [5.74, 6) is -0.908. The predicted octanol–water partition coefficient (Wildman–Crippen LogP) is 2.91. The number of carbonyl (C=O) groups excluding carboxylic acids is 2. The molecule has 0 radical (unpaired) electrons. The predicted molar refractivity (Wildman–Crippen MR) is 105 cm³/mol. The Morgan fingerprint density at radius 3 is 2.48 bits per heavy atom. The van der Waals surface area contributed by atoms with Crippen LogP contribution in [0.5, 0.6) is 0 Å². The number of carbonyl (C=O) groups is 2. The summed E-state index contributed by atoms with van der Waals surface area (Å²) in [5.41, 5.74) is 1.40. The molecule has 0 fully saturated rings. The fourth-order valence-corrected chi connectivity index (χ4v) is 3.30. The van der Waals surface area contributed by atoms with Gasteiger partial charge >= 0.3 is 11.7 Å². The first-order chi connectivity index (χ1) is 12.9. The first-order valence-corrected chi connectivity index (χ1v) is 9.25. The van der Waals surface area contributed by atoms with Gasteiger partial charge in [0.25, 0.3) is 5.91 Å². The van der Waals surface area contributed by atoms with Crippen LogP contribution in [0.15, 0.2) is 58.2 Å². The molecule has 1 heterocycles. The lowest BCUT2D eigenvalue weighted by Crippen LogP contribution is -2.32. The molecule has 0 aliphatic carbocycles. The number of imidazole rings is 1. The fraction of sp³-hybridized carbons (Fsp3) is 0.211. The first kappa shape index (κ1) is 18.8. The molecule has 3 rings (SSSR count). The van der Waals surface area contributed by atoms with Crippen molar-refractivity contribution in [3.63, 3.8) is 0 Å². The van der Waals surface area contributed by atoms with Crippen molar-refractivity contribution < 1.29 is 14.3 Å². The highest BCUT2D eigenvalue weighted by atomic mass is 32.2. The molecule has 1 aromatic heterocycles. The number of aromatic nitrogens is 2. The Morgan fingerprint density at radius 2 is 1.74 bits per heavy atom. The van der Waals surface area contributed by atoms with Crippen molar-refractivity contribution in [2.45, 2.75) is 30.1 Å². The maximum atomic E-state index is 12.3. The number of amides is 1. The minimum absolute atomic E-state index is 0.319. The van der Waals surface area contributed by atoms with E-state index in [0.717, 1.165) is 4.90 Å². The standard InChI is InChI=1S/C19H19N3O4S/c1-11(26-18(24)12(2)27-14-6-4-3-5-7-14)17(23)20-13-8-9-15-16(10-13)22-19(25)21-15/h3-12H,1-2H3,(H,20,23)(H2,21,22,25)/t11-,12+/m0/s1. The second-order valence-electron chi connectivity index (χ2n) is 5.98. The van der Waals surface area contributed by atoms with Crippen LogP contribution in [0.4, 0.5) is 5.69 Å². The molecule has 0 aliphatic rings. The number of H-pyrrole nitrogens is 2. The highest BCUT2D eigenvalue weighted by molar-refractivity contribution is 8.00. The Balaban J connectivity index is 1.57. The molecule has 3 aromatic rings. The van der Waals surface area contributed by atoms with Crippen molar-refractivity contribution >= 4 is 40.4 Å². The zero-order valence-corrected chi connectivity index (χ0v) is 15.6. The van der Waals surface area contributed by atoms with Crippen molar-refractivity contribution in [1.29, 1.82) is 0 Å². The number of benzene rings is 2. The molecule has 0 saturated carbocycles. The minimum atomic E-state index is -0.947. The maximum Gasteiger partial charge on any atom is 0.323 e. The number of esters is 1. The van der Waals surface area contributed by atoms with Gasteiger partial charge in [0.1, 0.15) is 5.25 Å². The van der Waals surface area contributed by atoms with Crippen LogP contribution in [0.25, 0.3) is 11.0 Å². The summed E-state index contributed by atoms with van der Waals surface area (Å²) >= 11 is 1.37. The molecule has 0 saturated heterocycles. The number of fused-ring (bicyclic) bond motifs is 1. The number of thioether (sulfide) groups is 1. The summed E-state index contributed by atoms with van der Waals surface area (Å²) < 4.78 is 5.27. The van der Waals surface area contributed by atoms with Gasteiger partial charge in [-0.05, 0) is 44.2 Å². The van der Waals surface area contributed by atoms with Crippen molar-refractivity contribution in [3.8, 4) is 0 Å². The van der Waals surface area contributed by atoms with E-state index in [0.29, 0.717) is 16.7 Å². The molecule has 2 atom stereocenters. The van der Waals surface area contributed by atoms with E-state index in [9.17, 15) is 14.4 Å². The Hall–Kier alpha value is -3.00. The van der Waals surface area contributed by atoms with Crippen molar-refractivity contribution in [3.05, 3.63) is 59.0 Å². The van der Waals surface area contributed by atoms with Gasteiger partial charge in [-0.25, -0.2) is 4.79 Å². The number of hydrogen-bond donors (Lipinski definition) is 3. The molecule has 3 N–H and O–H groups in total. The lowest BCUT2D eigenvalue weighted by molar-refractivity contribution is -0.152. The molecule has 0 aliphatic heterocycles. The average molecular weight is 385 g/mol. The molecule has 27 heavy (non-hydrogen) atoms. The van der Waals surface area contributed by atoms with E-state index in [1.54, 1.807) is 25.1 Å². The number of hydrogen-bond acceptors (Lipinski definition) is 5. The molecule has 1 amide bonds. The van der Waals surface area contributed by atoms with E-state index in [2.05, 4.69) is 15.3 Å². The van der Waals surface area contributed by atoms with Crippen LogP contribution in [0.3, 0.4) is 0 Å². The summed E-state index contributed by atoms with van der Waals surface area (Å²) in [6, 6.07) is 14.5. The van der Waals surface area contributed by atoms with Crippen molar-refractivity contribution in [1.82, 2.24) is 9.97 Å². The minimum Gasteiger partial charge on any atom is -0.452 e. The van der Waals surface area contributed by atoms with E-state index < -0.39 is 23.2 Å². The molecule has 7 nitrogen and oxygen atoms in total. The molecule has 2 aromatic carbocycles. The molecule has 0 bridgehead atoms. The van der Waals surface area contributed by atoms with Crippen LogP contribution in [0.2, 0.25) is 0 Å². The topological polar surface area (TPSA) is 104 Å². The highest BCUT2D eigenvalue weighted by Gasteiger charge is 2.23. The van der Waals surface area contributed by atoms with E-state index in [1.165, 1.54) is 18.7 Å². The Bertz CT molecular complexity index is 1010. The molecule has 0 unspecified atom stereocenters. The van der Waals surface area contributed by atoms with Crippen LogP contribution in [-0.4, -0.2) is 33.2 Å². The summed E-state index contributed by atoms with van der Waals surface area (Å²) in [5, 5.41) is 2.24. The van der Waals surface area contributed by atoms with Crippen molar-refractivity contribution in [2.75, 3.05) is 5.32 Å². The van der Waals surface area contributed by atoms with Gasteiger partial charge in [-0.1, -0.05) is 18.2 Å². The first-order valence-electron chi connectivity index (χ1n) is 8.37. The molecule has 140 valence electrons. The zero-order valence-electron chi connectivity index (χ0n) is 14.8. The second kappa shape index (κ2) is 8.13. The maximum absolute atomic E-state index is 12.3. The molecular weight excluding hydrogens is 366 g/mol. The van der Waals surface area contributed by atoms with Gasteiger partial charge in [-0.2, -0.15) is 0 Å². The second-order valence-corrected chi connectivity index (χ2v) is 7.40. The quantitative estimate of drug-likeness (QED) is 0.447. The van der Waals surface area contributed by atoms with E-state index in [1.807, 2.05) is 30.3 Å². The third-order valence-electron chi connectivity index (χ3n) is 3.83. The number of ether oxygens (including phenoxy) is 1. The Morgan fingerprint density at radius 1 is 1.04 bits per heavy atom. The largest absolute Gasteiger partial charge is 0.452 e. The SMILES string of the molecule is C[C@H](OC(=O)[C@@H](C)Sc1ccccc1)C(=O)Nc1ccc2[nH]c(=O)[nH]c2c1. The molecular formula is C19H19N3O4S. The molecule has 0 spiro atoms. The van der Waals surface area contributed by atoms with Crippen molar-refractivity contribution in [2.24, 2.45) is 0 Å². The number of aromatic amines is 2. The van der Waals surface area contributed by atoms with Gasteiger partial charge < -0.3 is 20.0 Å². The third kappa shape index (κ3) is 4.79. The fourth-order valence-electron chi connectivity index (χ4n) is 2.43. The van der Waals surface area contributed by atoms with Crippen LogP contribution in [0, 0.1) is 0 Å². The smallest absolute Gasteiger partial charge is 0.323 e. The average Bonchev–Trinajstić information content (AvgIpc) is 3.01. The van der Waals surface area contributed by atoms with Gasteiger partial charge in [-0.3, -0.25) is 9.59 Å². The normalized spacial score (nSPS) is 13.1. The van der Waals surface area contributed by atoms with Crippen LogP contribution in [-0.2, 0) is 14.3 Å². The van der Waals surface area contributed by atoms with Gasteiger partial charge in [-0.15, -0.1) is 11.8 Å². The van der Waals surface area contributed by atoms with Gasteiger partial charge in [0.2, 0.25) is 0 Å². The monoisotopic (exact) mass is 385 g/mol. The van der Waals surface area contributed by atoms with Gasteiger partial charge in [0.05, 0.1) is 11.0 Å². The van der Waals surface area contributed by atoms with E-state index in [4.69, 9.17) is 4.74 Å². The van der Waals surface area contributed by atoms with Gasteiger partial charge in [0, 0.05) is 10.6 Å². The number of nitrogens with one attached hydrogen (secondary N) is 3. The lowest BCUT2D eigenvalue weighted by atomic mass is 10.2. The molecule has 8 heteroatoms. The van der Waals surface area contributed by atoms with E-state index in [-0.39, 0.29) is 5.69 Å². The van der Waals surface area contributed by atoms with Crippen LogP contribution in [0.1, 0.15) is 13.8 Å². The lowest BCUT2D eigenvalue weighted by Gasteiger charge is -2.16. The Kier molecular flexibility index (Phi) is 5.66. The van der Waals surface area contributed by atoms with Crippen LogP contribution < -0.4 is 11.0 Å². The summed E-state index contributed by atoms with van der Waals surface area (Å²) in [6.45, 7) is 3.25. The summed E-state index contributed by atoms with van der Waals surface area (Å²) in [4.78, 5) is 42.0. The number of anilines is 1.